The Balaban J connectivity index is 1.77. The Kier molecular flexibility index (Phi) is 6.16. The van der Waals surface area contributed by atoms with E-state index in [-0.39, 0.29) is 16.7 Å². The number of carbonyl (C=O) groups excluding carboxylic acids is 1. The molecule has 3 heterocycles. The summed E-state index contributed by atoms with van der Waals surface area (Å²) in [6.07, 6.45) is 3.44. The fourth-order valence-electron chi connectivity index (χ4n) is 3.91. The molecule has 0 bridgehead atoms. The van der Waals surface area contributed by atoms with Crippen molar-refractivity contribution in [2.75, 3.05) is 50.5 Å². The van der Waals surface area contributed by atoms with E-state index in [2.05, 4.69) is 36.7 Å². The Labute approximate surface area is 159 Å². The fraction of sp³-hybridized carbons (Fsp3) is 0.706. The molecule has 2 saturated heterocycles. The summed E-state index contributed by atoms with van der Waals surface area (Å²) in [7, 11) is 1.27. The van der Waals surface area contributed by atoms with Crippen LogP contribution in [0.1, 0.15) is 36.7 Å². The molecule has 1 atom stereocenters. The SMILES string of the molecule is CCC1CN(c2nc(N)c(C(=O)OC)nc2Cl)CCN1C1CCNCC1. The molecule has 9 heteroatoms. The number of esters is 1. The number of hydrogen-bond donors (Lipinski definition) is 2. The molecule has 0 spiro atoms. The van der Waals surface area contributed by atoms with Crippen LogP contribution in [0, 0.1) is 0 Å². The van der Waals surface area contributed by atoms with E-state index in [9.17, 15) is 4.79 Å². The maximum atomic E-state index is 11.7. The van der Waals surface area contributed by atoms with Gasteiger partial charge in [-0.2, -0.15) is 0 Å². The van der Waals surface area contributed by atoms with Crippen LogP contribution >= 0.6 is 11.6 Å². The molecule has 2 fully saturated rings. The van der Waals surface area contributed by atoms with Crippen LogP contribution in [0.2, 0.25) is 5.15 Å². The van der Waals surface area contributed by atoms with E-state index in [1.807, 2.05) is 0 Å². The lowest BCUT2D eigenvalue weighted by atomic mass is 9.99. The number of aromatic nitrogens is 2. The third-order valence-corrected chi connectivity index (χ3v) is 5.57. The first-order chi connectivity index (χ1) is 12.5. The number of anilines is 2. The Morgan fingerprint density at radius 1 is 1.35 bits per heavy atom. The number of hydrogen-bond acceptors (Lipinski definition) is 8. The van der Waals surface area contributed by atoms with Crippen molar-refractivity contribution in [3.05, 3.63) is 10.8 Å². The number of nitrogens with zero attached hydrogens (tertiary/aromatic N) is 4. The summed E-state index contributed by atoms with van der Waals surface area (Å²) in [6.45, 7) is 6.98. The summed E-state index contributed by atoms with van der Waals surface area (Å²) in [5, 5.41) is 3.61. The lowest BCUT2D eigenvalue weighted by molar-refractivity contribution is 0.0595. The third kappa shape index (κ3) is 3.87. The predicted octanol–water partition coefficient (Wildman–Crippen LogP) is 1.15. The van der Waals surface area contributed by atoms with Gasteiger partial charge in [0.05, 0.1) is 7.11 Å². The lowest BCUT2D eigenvalue weighted by Gasteiger charge is -2.46. The number of ether oxygens (including phenoxy) is 1. The van der Waals surface area contributed by atoms with Crippen molar-refractivity contribution in [2.45, 2.75) is 38.3 Å². The number of methoxy groups -OCH3 is 1. The lowest BCUT2D eigenvalue weighted by Crippen LogP contribution is -2.58. The number of halogens is 1. The molecule has 0 aromatic carbocycles. The van der Waals surface area contributed by atoms with Crippen LogP contribution in [0.5, 0.6) is 0 Å². The minimum Gasteiger partial charge on any atom is -0.464 e. The molecule has 0 aliphatic carbocycles. The first-order valence-corrected chi connectivity index (χ1v) is 9.55. The number of nitrogen functional groups attached to an aromatic ring is 1. The molecule has 144 valence electrons. The topological polar surface area (TPSA) is 96.6 Å². The second kappa shape index (κ2) is 8.37. The van der Waals surface area contributed by atoms with Crippen molar-refractivity contribution in [2.24, 2.45) is 0 Å². The van der Waals surface area contributed by atoms with Crippen LogP contribution < -0.4 is 16.0 Å². The highest BCUT2D eigenvalue weighted by Gasteiger charge is 2.33. The minimum absolute atomic E-state index is 0.0402. The molecule has 2 aliphatic heterocycles. The summed E-state index contributed by atoms with van der Waals surface area (Å²) in [5.74, 6) is -0.0454. The number of rotatable bonds is 4. The summed E-state index contributed by atoms with van der Waals surface area (Å²) in [6, 6.07) is 1.07. The zero-order chi connectivity index (χ0) is 18.7. The number of carbonyl (C=O) groups is 1. The van der Waals surface area contributed by atoms with Gasteiger partial charge in [0, 0.05) is 31.7 Å². The molecule has 0 amide bonds. The number of piperazine rings is 1. The van der Waals surface area contributed by atoms with Crippen molar-refractivity contribution < 1.29 is 9.53 Å². The molecule has 1 aromatic heterocycles. The van der Waals surface area contributed by atoms with Gasteiger partial charge < -0.3 is 20.7 Å². The van der Waals surface area contributed by atoms with Gasteiger partial charge in [0.1, 0.15) is 0 Å². The van der Waals surface area contributed by atoms with Crippen molar-refractivity contribution in [3.8, 4) is 0 Å². The maximum Gasteiger partial charge on any atom is 0.360 e. The van der Waals surface area contributed by atoms with E-state index in [0.717, 1.165) is 39.1 Å². The summed E-state index contributed by atoms with van der Waals surface area (Å²) in [5.41, 5.74) is 5.87. The van der Waals surface area contributed by atoms with Gasteiger partial charge in [0.15, 0.2) is 22.5 Å². The van der Waals surface area contributed by atoms with E-state index in [4.69, 9.17) is 17.3 Å². The van der Waals surface area contributed by atoms with Crippen LogP contribution in [-0.4, -0.2) is 72.8 Å². The average Bonchev–Trinajstić information content (AvgIpc) is 2.69. The minimum atomic E-state index is -0.634. The van der Waals surface area contributed by atoms with Crippen LogP contribution in [0.3, 0.4) is 0 Å². The molecular formula is C17H27ClN6O2. The van der Waals surface area contributed by atoms with Gasteiger partial charge in [0.25, 0.3) is 0 Å². The quantitative estimate of drug-likeness (QED) is 0.748. The summed E-state index contributed by atoms with van der Waals surface area (Å²) < 4.78 is 4.67. The van der Waals surface area contributed by atoms with Gasteiger partial charge in [-0.05, 0) is 32.4 Å². The van der Waals surface area contributed by atoms with Crippen LogP contribution in [0.15, 0.2) is 0 Å². The first-order valence-electron chi connectivity index (χ1n) is 9.17. The zero-order valence-corrected chi connectivity index (χ0v) is 16.1. The highest BCUT2D eigenvalue weighted by Crippen LogP contribution is 2.29. The summed E-state index contributed by atoms with van der Waals surface area (Å²) in [4.78, 5) is 24.9. The normalized spacial score (nSPS) is 22.4. The second-order valence-corrected chi connectivity index (χ2v) is 7.15. The maximum absolute atomic E-state index is 11.7. The number of nitrogens with one attached hydrogen (secondary N) is 1. The molecule has 26 heavy (non-hydrogen) atoms. The Hall–Kier alpha value is -1.64. The van der Waals surface area contributed by atoms with E-state index < -0.39 is 5.97 Å². The predicted molar refractivity (Wildman–Crippen MR) is 102 cm³/mol. The third-order valence-electron chi connectivity index (χ3n) is 5.32. The zero-order valence-electron chi connectivity index (χ0n) is 15.4. The van der Waals surface area contributed by atoms with Gasteiger partial charge in [-0.1, -0.05) is 18.5 Å². The molecule has 1 unspecified atom stereocenters. The smallest absolute Gasteiger partial charge is 0.360 e. The van der Waals surface area contributed by atoms with Gasteiger partial charge in [-0.3, -0.25) is 4.90 Å². The number of nitrogens with two attached hydrogens (primary N) is 1. The molecular weight excluding hydrogens is 356 g/mol. The Morgan fingerprint density at radius 3 is 2.73 bits per heavy atom. The molecule has 0 saturated carbocycles. The monoisotopic (exact) mass is 382 g/mol. The highest BCUT2D eigenvalue weighted by atomic mass is 35.5. The Bertz CT molecular complexity index is 652. The van der Waals surface area contributed by atoms with Crippen LogP contribution in [0.4, 0.5) is 11.6 Å². The van der Waals surface area contributed by atoms with Gasteiger partial charge in [-0.25, -0.2) is 14.8 Å². The molecule has 2 aliphatic rings. The molecule has 1 aromatic rings. The van der Waals surface area contributed by atoms with Crippen molar-refractivity contribution in [1.82, 2.24) is 20.2 Å². The highest BCUT2D eigenvalue weighted by molar-refractivity contribution is 6.32. The van der Waals surface area contributed by atoms with Gasteiger partial charge in [-0.15, -0.1) is 0 Å². The largest absolute Gasteiger partial charge is 0.464 e. The number of piperidine rings is 1. The van der Waals surface area contributed by atoms with E-state index in [1.165, 1.54) is 20.0 Å². The van der Waals surface area contributed by atoms with Gasteiger partial charge in [0.2, 0.25) is 0 Å². The van der Waals surface area contributed by atoms with E-state index >= 15 is 0 Å². The van der Waals surface area contributed by atoms with Gasteiger partial charge >= 0.3 is 5.97 Å². The van der Waals surface area contributed by atoms with E-state index in [0.29, 0.717) is 17.9 Å². The van der Waals surface area contributed by atoms with Crippen LogP contribution in [-0.2, 0) is 4.74 Å². The molecule has 3 N–H and O–H groups in total. The standard InChI is InChI=1S/C17H27ClN6O2/c1-3-11-10-23(8-9-24(11)12-4-6-20-7-5-12)16-14(18)21-13(15(19)22-16)17(25)26-2/h11-12,20H,3-10H2,1-2H3,(H2,19,22). The second-order valence-electron chi connectivity index (χ2n) is 6.79. The fourth-order valence-corrected chi connectivity index (χ4v) is 4.16. The first kappa shape index (κ1) is 19.1. The van der Waals surface area contributed by atoms with Crippen molar-refractivity contribution >= 4 is 29.2 Å². The molecule has 3 rings (SSSR count). The molecule has 0 radical (unpaired) electrons. The molecule has 8 nitrogen and oxygen atoms in total. The average molecular weight is 383 g/mol. The van der Waals surface area contributed by atoms with Crippen molar-refractivity contribution in [1.29, 1.82) is 0 Å². The van der Waals surface area contributed by atoms with E-state index in [1.54, 1.807) is 0 Å². The van der Waals surface area contributed by atoms with Crippen LogP contribution in [0.25, 0.3) is 0 Å². The summed E-state index contributed by atoms with van der Waals surface area (Å²) >= 11 is 6.31. The van der Waals surface area contributed by atoms with Crippen molar-refractivity contribution in [3.63, 3.8) is 0 Å². The Morgan fingerprint density at radius 2 is 2.08 bits per heavy atom.